The highest BCUT2D eigenvalue weighted by molar-refractivity contribution is 8.13. The zero-order valence-electron chi connectivity index (χ0n) is 18.7. The van der Waals surface area contributed by atoms with Gasteiger partial charge >= 0.3 is 0 Å². The molecule has 0 aliphatic rings. The summed E-state index contributed by atoms with van der Waals surface area (Å²) >= 11 is 1.38. The molecule has 2 aromatic rings. The summed E-state index contributed by atoms with van der Waals surface area (Å²) in [5.74, 6) is 0.950. The van der Waals surface area contributed by atoms with E-state index in [9.17, 15) is 4.79 Å². The fourth-order valence-corrected chi connectivity index (χ4v) is 3.01. The molecular weight excluding hydrogens is 426 g/mol. The molecule has 1 atom stereocenters. The Morgan fingerprint density at radius 2 is 1.94 bits per heavy atom. The fourth-order valence-electron chi connectivity index (χ4n) is 2.80. The SMILES string of the molecule is CN/C=C(\N=C/CC(=O)Nc1cccc([C@H](N=C(N)SC)c2ccc(OC)cc2)c1)OC. The molecule has 32 heavy (non-hydrogen) atoms. The van der Waals surface area contributed by atoms with Crippen LogP contribution in [0.1, 0.15) is 23.6 Å². The van der Waals surface area contributed by atoms with Gasteiger partial charge in [0.15, 0.2) is 5.17 Å². The Labute approximate surface area is 193 Å². The zero-order valence-corrected chi connectivity index (χ0v) is 19.5. The van der Waals surface area contributed by atoms with Crippen molar-refractivity contribution >= 4 is 34.7 Å². The van der Waals surface area contributed by atoms with E-state index in [0.717, 1.165) is 16.9 Å². The summed E-state index contributed by atoms with van der Waals surface area (Å²) in [6.07, 6.45) is 5.07. The van der Waals surface area contributed by atoms with Crippen LogP contribution < -0.4 is 21.1 Å². The third kappa shape index (κ3) is 7.66. The van der Waals surface area contributed by atoms with Crippen molar-refractivity contribution < 1.29 is 14.3 Å². The van der Waals surface area contributed by atoms with Crippen LogP contribution >= 0.6 is 11.8 Å². The van der Waals surface area contributed by atoms with E-state index in [1.165, 1.54) is 25.1 Å². The van der Waals surface area contributed by atoms with E-state index in [1.807, 2.05) is 54.8 Å². The Morgan fingerprint density at radius 3 is 2.56 bits per heavy atom. The fraction of sp³-hybridized carbons (Fsp3) is 0.261. The molecule has 170 valence electrons. The summed E-state index contributed by atoms with van der Waals surface area (Å²) < 4.78 is 10.3. The molecule has 0 aliphatic heterocycles. The van der Waals surface area contributed by atoms with E-state index in [-0.39, 0.29) is 18.4 Å². The van der Waals surface area contributed by atoms with Gasteiger partial charge in [-0.1, -0.05) is 36.0 Å². The van der Waals surface area contributed by atoms with E-state index < -0.39 is 0 Å². The number of aliphatic imine (C=N–C) groups is 2. The smallest absolute Gasteiger partial charge is 0.229 e. The molecule has 0 aliphatic carbocycles. The molecule has 0 saturated heterocycles. The van der Waals surface area contributed by atoms with Gasteiger partial charge in [0.05, 0.1) is 26.8 Å². The first-order chi connectivity index (χ1) is 15.5. The quantitative estimate of drug-likeness (QED) is 0.287. The van der Waals surface area contributed by atoms with Gasteiger partial charge in [-0.15, -0.1) is 0 Å². The van der Waals surface area contributed by atoms with Crippen molar-refractivity contribution in [3.05, 3.63) is 71.7 Å². The molecule has 1 amide bonds. The topological polar surface area (TPSA) is 110 Å². The number of carbonyl (C=O) groups is 1. The first-order valence-electron chi connectivity index (χ1n) is 9.85. The van der Waals surface area contributed by atoms with Crippen LogP contribution in [0.25, 0.3) is 0 Å². The summed E-state index contributed by atoms with van der Waals surface area (Å²) in [7, 11) is 4.88. The Bertz CT molecular complexity index is 974. The number of amidine groups is 1. The van der Waals surface area contributed by atoms with Crippen LogP contribution in [0.15, 0.2) is 70.6 Å². The lowest BCUT2D eigenvalue weighted by molar-refractivity contribution is -0.115. The predicted molar refractivity (Wildman–Crippen MR) is 132 cm³/mol. The van der Waals surface area contributed by atoms with Crippen molar-refractivity contribution in [2.24, 2.45) is 15.7 Å². The molecule has 0 fully saturated rings. The molecule has 0 heterocycles. The minimum atomic E-state index is -0.317. The average Bonchev–Trinajstić information content (AvgIpc) is 2.82. The number of ether oxygens (including phenoxy) is 2. The van der Waals surface area contributed by atoms with Crippen LogP contribution in [0.4, 0.5) is 5.69 Å². The number of nitrogens with two attached hydrogens (primary N) is 1. The number of nitrogens with zero attached hydrogens (tertiary/aromatic N) is 2. The minimum absolute atomic E-state index is 0.105. The summed E-state index contributed by atoms with van der Waals surface area (Å²) in [6.45, 7) is 0. The predicted octanol–water partition coefficient (Wildman–Crippen LogP) is 3.53. The normalized spacial score (nSPS) is 13.0. The van der Waals surface area contributed by atoms with Gasteiger partial charge in [0.1, 0.15) is 11.8 Å². The second kappa shape index (κ2) is 13.1. The summed E-state index contributed by atoms with van der Waals surface area (Å²) in [4.78, 5) is 21.1. The number of hydrogen-bond donors (Lipinski definition) is 3. The molecule has 0 unspecified atom stereocenters. The Balaban J connectivity index is 2.20. The number of rotatable bonds is 10. The number of benzene rings is 2. The van der Waals surface area contributed by atoms with Gasteiger partial charge < -0.3 is 25.8 Å². The maximum absolute atomic E-state index is 12.3. The highest BCUT2D eigenvalue weighted by Crippen LogP contribution is 2.30. The lowest BCUT2D eigenvalue weighted by atomic mass is 9.98. The van der Waals surface area contributed by atoms with Crippen molar-refractivity contribution in [1.29, 1.82) is 0 Å². The number of thioether (sulfide) groups is 1. The van der Waals surface area contributed by atoms with Crippen LogP contribution in [-0.2, 0) is 9.53 Å². The van der Waals surface area contributed by atoms with E-state index in [2.05, 4.69) is 20.6 Å². The molecule has 2 aromatic carbocycles. The van der Waals surface area contributed by atoms with Crippen LogP contribution in [-0.4, -0.2) is 44.8 Å². The van der Waals surface area contributed by atoms with Crippen molar-refractivity contribution in [3.63, 3.8) is 0 Å². The molecule has 0 bridgehead atoms. The number of nitrogens with one attached hydrogen (secondary N) is 2. The third-order valence-electron chi connectivity index (χ3n) is 4.36. The average molecular weight is 456 g/mol. The van der Waals surface area contributed by atoms with Crippen molar-refractivity contribution in [3.8, 4) is 5.75 Å². The van der Waals surface area contributed by atoms with E-state index in [0.29, 0.717) is 16.7 Å². The molecule has 0 spiro atoms. The molecule has 0 radical (unpaired) electrons. The molecule has 9 heteroatoms. The summed E-state index contributed by atoms with van der Waals surface area (Å²) in [6, 6.07) is 14.9. The van der Waals surface area contributed by atoms with Crippen LogP contribution in [0.5, 0.6) is 5.75 Å². The van der Waals surface area contributed by atoms with Gasteiger partial charge in [-0.2, -0.15) is 0 Å². The van der Waals surface area contributed by atoms with Gasteiger partial charge in [-0.3, -0.25) is 4.79 Å². The Kier molecular flexibility index (Phi) is 10.1. The Morgan fingerprint density at radius 1 is 1.19 bits per heavy atom. The highest BCUT2D eigenvalue weighted by atomic mass is 32.2. The molecule has 4 N–H and O–H groups in total. The summed E-state index contributed by atoms with van der Waals surface area (Å²) in [5, 5.41) is 6.18. The molecule has 0 aromatic heterocycles. The largest absolute Gasteiger partial charge is 0.497 e. The lowest BCUT2D eigenvalue weighted by Crippen LogP contribution is -2.13. The molecule has 8 nitrogen and oxygen atoms in total. The van der Waals surface area contributed by atoms with Gasteiger partial charge in [0.25, 0.3) is 0 Å². The van der Waals surface area contributed by atoms with Crippen molar-refractivity contribution in [2.45, 2.75) is 12.5 Å². The second-order valence-electron chi connectivity index (χ2n) is 6.51. The van der Waals surface area contributed by atoms with Crippen LogP contribution in [0.2, 0.25) is 0 Å². The number of hydrogen-bond acceptors (Lipinski definition) is 7. The van der Waals surface area contributed by atoms with E-state index in [1.54, 1.807) is 20.4 Å². The van der Waals surface area contributed by atoms with Crippen molar-refractivity contribution in [2.75, 3.05) is 32.8 Å². The monoisotopic (exact) mass is 455 g/mol. The molecule has 2 rings (SSSR count). The lowest BCUT2D eigenvalue weighted by Gasteiger charge is -2.16. The van der Waals surface area contributed by atoms with Crippen LogP contribution in [0.3, 0.4) is 0 Å². The molecular formula is C23H29N5O3S. The van der Waals surface area contributed by atoms with Gasteiger partial charge in [0, 0.05) is 18.9 Å². The first kappa shape index (κ1) is 24.8. The number of anilines is 1. The Hall–Kier alpha value is -3.46. The summed E-state index contributed by atoms with van der Waals surface area (Å²) in [5.41, 5.74) is 8.54. The van der Waals surface area contributed by atoms with E-state index >= 15 is 0 Å². The first-order valence-corrected chi connectivity index (χ1v) is 11.1. The second-order valence-corrected chi connectivity index (χ2v) is 7.34. The maximum Gasteiger partial charge on any atom is 0.229 e. The third-order valence-corrected chi connectivity index (χ3v) is 4.88. The molecule has 0 saturated carbocycles. The number of carbonyl (C=O) groups excluding carboxylic acids is 1. The van der Waals surface area contributed by atoms with Crippen molar-refractivity contribution in [1.82, 2.24) is 5.32 Å². The van der Waals surface area contributed by atoms with Crippen LogP contribution in [0, 0.1) is 0 Å². The number of methoxy groups -OCH3 is 2. The van der Waals surface area contributed by atoms with Gasteiger partial charge in [-0.25, -0.2) is 9.98 Å². The maximum atomic E-state index is 12.3. The highest BCUT2D eigenvalue weighted by Gasteiger charge is 2.15. The standard InChI is InChI=1S/C23H29N5O3S/c1-25-15-21(31-3)26-13-12-20(29)27-18-7-5-6-17(14-18)22(28-23(24)32-4)16-8-10-19(30-2)11-9-16/h5-11,13-15,22,25H,12H2,1-4H3,(H2,24,28)(H,27,29)/b21-15+,26-13-/t22-/m1/s1. The minimum Gasteiger partial charge on any atom is -0.497 e. The number of amides is 1. The van der Waals surface area contributed by atoms with E-state index in [4.69, 9.17) is 15.2 Å². The van der Waals surface area contributed by atoms with Gasteiger partial charge in [0.2, 0.25) is 11.8 Å². The van der Waals surface area contributed by atoms with Gasteiger partial charge in [-0.05, 0) is 41.6 Å². The zero-order chi connectivity index (χ0) is 23.3.